The van der Waals surface area contributed by atoms with E-state index >= 15 is 0 Å². The highest BCUT2D eigenvalue weighted by Crippen LogP contribution is 2.21. The summed E-state index contributed by atoms with van der Waals surface area (Å²) in [6.07, 6.45) is 6.21. The van der Waals surface area contributed by atoms with Crippen molar-refractivity contribution < 1.29 is 9.21 Å². The fourth-order valence-corrected chi connectivity index (χ4v) is 2.37. The molecule has 4 heteroatoms. The van der Waals surface area contributed by atoms with Crippen molar-refractivity contribution in [2.24, 2.45) is 5.92 Å². The summed E-state index contributed by atoms with van der Waals surface area (Å²) in [5.41, 5.74) is 0. The summed E-state index contributed by atoms with van der Waals surface area (Å²) in [6.45, 7) is 5.72. The fourth-order valence-electron chi connectivity index (χ4n) is 2.37. The van der Waals surface area contributed by atoms with Gasteiger partial charge in [0.25, 0.3) is 0 Å². The molecule has 1 fully saturated rings. The summed E-state index contributed by atoms with van der Waals surface area (Å²) in [4.78, 5) is 17.1. The zero-order valence-corrected chi connectivity index (χ0v) is 10.4. The van der Waals surface area contributed by atoms with Crippen LogP contribution >= 0.6 is 0 Å². The molecule has 0 spiro atoms. The van der Waals surface area contributed by atoms with E-state index in [2.05, 4.69) is 16.8 Å². The van der Waals surface area contributed by atoms with Crippen molar-refractivity contribution in [3.63, 3.8) is 0 Å². The van der Waals surface area contributed by atoms with Gasteiger partial charge < -0.3 is 14.1 Å². The topological polar surface area (TPSA) is 46.3 Å². The molecule has 0 bridgehead atoms. The highest BCUT2D eigenvalue weighted by molar-refractivity contribution is 5.52. The lowest BCUT2D eigenvalue weighted by Gasteiger charge is -2.30. The number of nitrogens with zero attached hydrogens (tertiary/aromatic N) is 2. The van der Waals surface area contributed by atoms with E-state index in [0.717, 1.165) is 25.1 Å². The lowest BCUT2D eigenvalue weighted by Crippen LogP contribution is -2.34. The number of aldehydes is 1. The largest absolute Gasteiger partial charge is 0.445 e. The van der Waals surface area contributed by atoms with Crippen LogP contribution < -0.4 is 0 Å². The van der Waals surface area contributed by atoms with Crippen LogP contribution in [0.3, 0.4) is 0 Å². The normalized spacial score (nSPS) is 18.4. The van der Waals surface area contributed by atoms with Gasteiger partial charge in [0.05, 0.1) is 12.6 Å². The highest BCUT2D eigenvalue weighted by atomic mass is 16.4. The number of hydrogen-bond donors (Lipinski definition) is 0. The first-order chi connectivity index (χ1) is 8.31. The molecule has 1 aromatic rings. The van der Waals surface area contributed by atoms with Gasteiger partial charge in [0.2, 0.25) is 0 Å². The van der Waals surface area contributed by atoms with Crippen molar-refractivity contribution in [1.29, 1.82) is 0 Å². The third kappa shape index (κ3) is 3.40. The van der Waals surface area contributed by atoms with Gasteiger partial charge in [-0.15, -0.1) is 0 Å². The Balaban J connectivity index is 1.82. The molecule has 17 heavy (non-hydrogen) atoms. The molecule has 2 rings (SSSR count). The van der Waals surface area contributed by atoms with E-state index < -0.39 is 0 Å². The number of aromatic nitrogens is 1. The number of oxazole rings is 1. The second-order valence-corrected chi connectivity index (χ2v) is 4.67. The monoisotopic (exact) mass is 236 g/mol. The van der Waals surface area contributed by atoms with Crippen LogP contribution in [0.5, 0.6) is 0 Å². The van der Waals surface area contributed by atoms with Crippen molar-refractivity contribution in [3.8, 4) is 0 Å². The van der Waals surface area contributed by atoms with E-state index in [4.69, 9.17) is 4.42 Å². The van der Waals surface area contributed by atoms with Crippen LogP contribution in [0.15, 0.2) is 10.6 Å². The maximum atomic E-state index is 10.3. The van der Waals surface area contributed by atoms with Crippen molar-refractivity contribution >= 4 is 6.29 Å². The van der Waals surface area contributed by atoms with E-state index in [-0.39, 0.29) is 0 Å². The first kappa shape index (κ1) is 12.3. The third-order valence-electron chi connectivity index (χ3n) is 3.50. The Bertz CT molecular complexity index is 354. The maximum Gasteiger partial charge on any atom is 0.194 e. The quantitative estimate of drug-likeness (QED) is 0.730. The minimum Gasteiger partial charge on any atom is -0.445 e. The second-order valence-electron chi connectivity index (χ2n) is 4.67. The smallest absolute Gasteiger partial charge is 0.194 e. The number of carbonyl (C=O) groups is 1. The zero-order valence-electron chi connectivity index (χ0n) is 10.4. The Morgan fingerprint density at radius 3 is 2.94 bits per heavy atom. The van der Waals surface area contributed by atoms with Gasteiger partial charge in [-0.25, -0.2) is 4.98 Å². The number of piperidine rings is 1. The number of hydrogen-bond acceptors (Lipinski definition) is 4. The lowest BCUT2D eigenvalue weighted by atomic mass is 9.93. The van der Waals surface area contributed by atoms with Gasteiger partial charge in [-0.05, 0) is 38.4 Å². The molecule has 0 aliphatic carbocycles. The minimum atomic E-state index is 0.335. The number of carbonyl (C=O) groups excluding carboxylic acids is 1. The van der Waals surface area contributed by atoms with E-state index in [1.165, 1.54) is 25.9 Å². The molecular weight excluding hydrogens is 216 g/mol. The first-order valence-corrected chi connectivity index (χ1v) is 6.41. The molecule has 94 valence electrons. The molecule has 1 aliphatic heterocycles. The molecule has 1 aromatic heterocycles. The molecule has 0 unspecified atom stereocenters. The summed E-state index contributed by atoms with van der Waals surface area (Å²) in [6, 6.07) is 0. The molecule has 1 saturated heterocycles. The average Bonchev–Trinajstić information content (AvgIpc) is 2.78. The Morgan fingerprint density at radius 2 is 2.29 bits per heavy atom. The molecule has 0 atom stereocenters. The molecule has 0 amide bonds. The fraction of sp³-hybridized carbons (Fsp3) is 0.692. The van der Waals surface area contributed by atoms with E-state index in [9.17, 15) is 4.79 Å². The van der Waals surface area contributed by atoms with Crippen LogP contribution in [0.1, 0.15) is 31.4 Å². The SMILES string of the molecule is CCN1CCC(Cc2ncc(CC=O)o2)CC1. The summed E-state index contributed by atoms with van der Waals surface area (Å²) in [5, 5.41) is 0. The molecular formula is C13H20N2O2. The van der Waals surface area contributed by atoms with Gasteiger partial charge in [-0.3, -0.25) is 0 Å². The molecule has 0 radical (unpaired) electrons. The maximum absolute atomic E-state index is 10.3. The summed E-state index contributed by atoms with van der Waals surface area (Å²) in [7, 11) is 0. The van der Waals surface area contributed by atoms with Gasteiger partial charge in [0.15, 0.2) is 5.89 Å². The number of likely N-dealkylation sites (tertiary alicyclic amines) is 1. The molecule has 4 nitrogen and oxygen atoms in total. The van der Waals surface area contributed by atoms with Gasteiger partial charge >= 0.3 is 0 Å². The van der Waals surface area contributed by atoms with E-state index in [1.807, 2.05) is 0 Å². The van der Waals surface area contributed by atoms with Crippen LogP contribution in [0.4, 0.5) is 0 Å². The Morgan fingerprint density at radius 1 is 1.53 bits per heavy atom. The minimum absolute atomic E-state index is 0.335. The zero-order chi connectivity index (χ0) is 12.1. The average molecular weight is 236 g/mol. The van der Waals surface area contributed by atoms with Crippen molar-refractivity contribution in [2.75, 3.05) is 19.6 Å². The molecule has 2 heterocycles. The Kier molecular flexibility index (Phi) is 4.31. The van der Waals surface area contributed by atoms with Crippen LogP contribution in [-0.2, 0) is 17.6 Å². The van der Waals surface area contributed by atoms with E-state index in [1.54, 1.807) is 6.20 Å². The van der Waals surface area contributed by atoms with Crippen LogP contribution in [0, 0.1) is 5.92 Å². The molecule has 1 aliphatic rings. The van der Waals surface area contributed by atoms with Crippen molar-refractivity contribution in [1.82, 2.24) is 9.88 Å². The molecule has 0 N–H and O–H groups in total. The van der Waals surface area contributed by atoms with E-state index in [0.29, 0.717) is 18.1 Å². The third-order valence-corrected chi connectivity index (χ3v) is 3.50. The van der Waals surface area contributed by atoms with Gasteiger partial charge in [0.1, 0.15) is 12.0 Å². The van der Waals surface area contributed by atoms with Gasteiger partial charge in [0, 0.05) is 6.42 Å². The predicted octanol–water partition coefficient (Wildman–Crippen LogP) is 1.69. The predicted molar refractivity (Wildman–Crippen MR) is 64.8 cm³/mol. The van der Waals surface area contributed by atoms with Crippen molar-refractivity contribution in [2.45, 2.75) is 32.6 Å². The Labute approximate surface area is 102 Å². The molecule has 0 aromatic carbocycles. The van der Waals surface area contributed by atoms with Crippen molar-refractivity contribution in [3.05, 3.63) is 17.8 Å². The highest BCUT2D eigenvalue weighted by Gasteiger charge is 2.20. The summed E-state index contributed by atoms with van der Waals surface area (Å²) < 4.78 is 5.52. The first-order valence-electron chi connectivity index (χ1n) is 6.41. The van der Waals surface area contributed by atoms with Gasteiger partial charge in [-0.2, -0.15) is 0 Å². The standard InChI is InChI=1S/C13H20N2O2/c1-2-15-6-3-11(4-7-15)9-13-14-10-12(17-13)5-8-16/h8,10-11H,2-7,9H2,1H3. The Hall–Kier alpha value is -1.16. The van der Waals surface area contributed by atoms with Crippen LogP contribution in [-0.4, -0.2) is 35.8 Å². The number of rotatable bonds is 5. The lowest BCUT2D eigenvalue weighted by molar-refractivity contribution is -0.107. The summed E-state index contributed by atoms with van der Waals surface area (Å²) in [5.74, 6) is 2.15. The molecule has 0 saturated carbocycles. The second kappa shape index (κ2) is 5.96. The van der Waals surface area contributed by atoms with Gasteiger partial charge in [-0.1, -0.05) is 6.92 Å². The van der Waals surface area contributed by atoms with Crippen LogP contribution in [0.25, 0.3) is 0 Å². The van der Waals surface area contributed by atoms with Crippen LogP contribution in [0.2, 0.25) is 0 Å². The summed E-state index contributed by atoms with van der Waals surface area (Å²) >= 11 is 0.